The Morgan fingerprint density at radius 1 is 1.06 bits per heavy atom. The first-order valence-corrected chi connectivity index (χ1v) is 11.3. The highest BCUT2D eigenvalue weighted by Crippen LogP contribution is 2.29. The van der Waals surface area contributed by atoms with Crippen molar-refractivity contribution in [2.24, 2.45) is 0 Å². The molecular weight excluding hydrogens is 392 g/mol. The number of aromatic nitrogens is 2. The minimum Gasteiger partial charge on any atom is -0.493 e. The van der Waals surface area contributed by atoms with Crippen LogP contribution in [-0.4, -0.2) is 71.4 Å². The van der Waals surface area contributed by atoms with E-state index in [4.69, 9.17) is 9.47 Å². The lowest BCUT2D eigenvalue weighted by molar-refractivity contribution is 0.0645. The van der Waals surface area contributed by atoms with Crippen molar-refractivity contribution < 1.29 is 14.6 Å². The predicted octanol–water partition coefficient (Wildman–Crippen LogP) is 3.12. The molecule has 1 saturated heterocycles. The standard InChI is InChI=1S/C24H36N4O3/c1-27(17-21-15-25-10-11-26-21)16-20-8-9-23(24(14-20)30-2)31-19-22(29)18-28-12-6-4-3-5-7-13-28/h8-11,14-15,22,29H,3-7,12-13,16-19H2,1-2H3. The number of benzene rings is 1. The van der Waals surface area contributed by atoms with Crippen molar-refractivity contribution in [3.8, 4) is 11.5 Å². The van der Waals surface area contributed by atoms with E-state index in [1.165, 1.54) is 32.1 Å². The summed E-state index contributed by atoms with van der Waals surface area (Å²) in [7, 11) is 3.69. The first-order chi connectivity index (χ1) is 15.1. The maximum absolute atomic E-state index is 10.5. The Labute approximate surface area is 186 Å². The van der Waals surface area contributed by atoms with Crippen LogP contribution < -0.4 is 9.47 Å². The molecule has 0 spiro atoms. The summed E-state index contributed by atoms with van der Waals surface area (Å²) in [6, 6.07) is 5.95. The number of aliphatic hydroxyl groups is 1. The van der Waals surface area contributed by atoms with Crippen molar-refractivity contribution in [3.05, 3.63) is 48.0 Å². The van der Waals surface area contributed by atoms with E-state index in [0.717, 1.165) is 37.4 Å². The largest absolute Gasteiger partial charge is 0.493 e. The van der Waals surface area contributed by atoms with Gasteiger partial charge < -0.3 is 19.5 Å². The van der Waals surface area contributed by atoms with Gasteiger partial charge in [0.15, 0.2) is 11.5 Å². The average molecular weight is 429 g/mol. The Kier molecular flexibility index (Phi) is 9.52. The second-order valence-corrected chi connectivity index (χ2v) is 8.39. The lowest BCUT2D eigenvalue weighted by Crippen LogP contribution is -2.37. The molecule has 1 atom stereocenters. The minimum absolute atomic E-state index is 0.263. The molecule has 0 saturated carbocycles. The van der Waals surface area contributed by atoms with Crippen LogP contribution in [0.4, 0.5) is 0 Å². The van der Waals surface area contributed by atoms with Gasteiger partial charge in [-0.2, -0.15) is 0 Å². The Hall–Kier alpha value is -2.22. The highest BCUT2D eigenvalue weighted by atomic mass is 16.5. The SMILES string of the molecule is COc1cc(CN(C)Cc2cnccn2)ccc1OCC(O)CN1CCCCCCC1. The average Bonchev–Trinajstić information content (AvgIpc) is 2.75. The summed E-state index contributed by atoms with van der Waals surface area (Å²) in [6.45, 7) is 4.53. The Balaban J connectivity index is 1.49. The van der Waals surface area contributed by atoms with Crippen molar-refractivity contribution in [1.29, 1.82) is 0 Å². The van der Waals surface area contributed by atoms with Gasteiger partial charge >= 0.3 is 0 Å². The van der Waals surface area contributed by atoms with E-state index in [9.17, 15) is 5.11 Å². The quantitative estimate of drug-likeness (QED) is 0.623. The Morgan fingerprint density at radius 2 is 1.84 bits per heavy atom. The second kappa shape index (κ2) is 12.6. The van der Waals surface area contributed by atoms with Crippen LogP contribution in [0, 0.1) is 0 Å². The van der Waals surface area contributed by atoms with Crippen LogP contribution >= 0.6 is 0 Å². The molecule has 1 unspecified atom stereocenters. The van der Waals surface area contributed by atoms with E-state index in [1.54, 1.807) is 25.7 Å². The van der Waals surface area contributed by atoms with E-state index in [-0.39, 0.29) is 6.61 Å². The lowest BCUT2D eigenvalue weighted by Gasteiger charge is -2.26. The van der Waals surface area contributed by atoms with Gasteiger partial charge in [0, 0.05) is 38.2 Å². The van der Waals surface area contributed by atoms with Gasteiger partial charge in [0.2, 0.25) is 0 Å². The van der Waals surface area contributed by atoms with E-state index >= 15 is 0 Å². The molecule has 170 valence electrons. The van der Waals surface area contributed by atoms with Crippen LogP contribution in [-0.2, 0) is 13.1 Å². The zero-order chi connectivity index (χ0) is 21.9. The number of methoxy groups -OCH3 is 1. The fraction of sp³-hybridized carbons (Fsp3) is 0.583. The monoisotopic (exact) mass is 428 g/mol. The van der Waals surface area contributed by atoms with Crippen LogP contribution in [0.15, 0.2) is 36.8 Å². The minimum atomic E-state index is -0.512. The van der Waals surface area contributed by atoms with E-state index in [1.807, 2.05) is 25.2 Å². The molecule has 1 aliphatic rings. The summed E-state index contributed by atoms with van der Waals surface area (Å²) in [5.74, 6) is 1.35. The molecule has 2 heterocycles. The molecule has 1 aromatic heterocycles. The number of hydrogen-bond acceptors (Lipinski definition) is 7. The highest BCUT2D eigenvalue weighted by Gasteiger charge is 2.15. The molecule has 0 aliphatic carbocycles. The van der Waals surface area contributed by atoms with Crippen LogP contribution in [0.25, 0.3) is 0 Å². The predicted molar refractivity (Wildman–Crippen MR) is 121 cm³/mol. The lowest BCUT2D eigenvalue weighted by atomic mass is 10.1. The van der Waals surface area contributed by atoms with Crippen molar-refractivity contribution >= 4 is 0 Å². The maximum Gasteiger partial charge on any atom is 0.161 e. The summed E-state index contributed by atoms with van der Waals surface area (Å²) in [5.41, 5.74) is 2.06. The molecule has 3 rings (SSSR count). The Morgan fingerprint density at radius 3 is 2.55 bits per heavy atom. The molecule has 0 amide bonds. The molecule has 1 N–H and O–H groups in total. The van der Waals surface area contributed by atoms with Crippen LogP contribution in [0.5, 0.6) is 11.5 Å². The highest BCUT2D eigenvalue weighted by molar-refractivity contribution is 5.43. The van der Waals surface area contributed by atoms with E-state index in [0.29, 0.717) is 18.0 Å². The van der Waals surface area contributed by atoms with Gasteiger partial charge in [0.25, 0.3) is 0 Å². The van der Waals surface area contributed by atoms with Crippen LogP contribution in [0.3, 0.4) is 0 Å². The zero-order valence-electron chi connectivity index (χ0n) is 18.9. The molecule has 1 fully saturated rings. The molecule has 2 aromatic rings. The van der Waals surface area contributed by atoms with Gasteiger partial charge in [0.1, 0.15) is 12.7 Å². The Bertz CT molecular complexity index is 767. The van der Waals surface area contributed by atoms with Crippen molar-refractivity contribution in [2.45, 2.75) is 51.3 Å². The summed E-state index contributed by atoms with van der Waals surface area (Å²) in [5, 5.41) is 10.5. The number of β-amino-alcohol motifs (C(OH)–C–C–N with tert-alkyl or cyclic N) is 1. The van der Waals surface area contributed by atoms with Crippen molar-refractivity contribution in [3.63, 3.8) is 0 Å². The number of nitrogens with zero attached hydrogens (tertiary/aromatic N) is 4. The summed E-state index contributed by atoms with van der Waals surface area (Å²) in [4.78, 5) is 13.0. The van der Waals surface area contributed by atoms with Gasteiger partial charge in [-0.3, -0.25) is 14.9 Å². The summed E-state index contributed by atoms with van der Waals surface area (Å²) in [6.07, 6.45) is 11.0. The smallest absolute Gasteiger partial charge is 0.161 e. The summed E-state index contributed by atoms with van der Waals surface area (Å²) >= 11 is 0. The normalized spacial score (nSPS) is 16.5. The topological polar surface area (TPSA) is 71.0 Å². The third kappa shape index (κ3) is 8.09. The van der Waals surface area contributed by atoms with Crippen LogP contribution in [0.2, 0.25) is 0 Å². The van der Waals surface area contributed by atoms with Gasteiger partial charge in [-0.1, -0.05) is 25.3 Å². The van der Waals surface area contributed by atoms with Gasteiger partial charge in [-0.25, -0.2) is 0 Å². The van der Waals surface area contributed by atoms with E-state index < -0.39 is 6.10 Å². The number of likely N-dealkylation sites (tertiary alicyclic amines) is 1. The molecular formula is C24H36N4O3. The van der Waals surface area contributed by atoms with Crippen molar-refractivity contribution in [1.82, 2.24) is 19.8 Å². The first-order valence-electron chi connectivity index (χ1n) is 11.3. The maximum atomic E-state index is 10.5. The number of ether oxygens (including phenoxy) is 2. The molecule has 7 heteroatoms. The third-order valence-corrected chi connectivity index (χ3v) is 5.58. The molecule has 7 nitrogen and oxygen atoms in total. The summed E-state index contributed by atoms with van der Waals surface area (Å²) < 4.78 is 11.5. The number of rotatable bonds is 10. The van der Waals surface area contributed by atoms with Gasteiger partial charge in [-0.15, -0.1) is 0 Å². The van der Waals surface area contributed by atoms with E-state index in [2.05, 4.69) is 19.8 Å². The fourth-order valence-corrected chi connectivity index (χ4v) is 4.02. The second-order valence-electron chi connectivity index (χ2n) is 8.39. The van der Waals surface area contributed by atoms with Gasteiger partial charge in [-0.05, 0) is 50.7 Å². The molecule has 0 radical (unpaired) electrons. The molecule has 1 aliphatic heterocycles. The first kappa shape index (κ1) is 23.4. The third-order valence-electron chi connectivity index (χ3n) is 5.58. The number of hydrogen-bond donors (Lipinski definition) is 1. The van der Waals surface area contributed by atoms with Gasteiger partial charge in [0.05, 0.1) is 12.8 Å². The number of aliphatic hydroxyl groups excluding tert-OH is 1. The fourth-order valence-electron chi connectivity index (χ4n) is 4.02. The van der Waals surface area contributed by atoms with Crippen molar-refractivity contribution in [2.75, 3.05) is 40.4 Å². The molecule has 0 bridgehead atoms. The molecule has 1 aromatic carbocycles. The van der Waals surface area contributed by atoms with Crippen LogP contribution in [0.1, 0.15) is 43.4 Å². The zero-order valence-corrected chi connectivity index (χ0v) is 18.9. The molecule has 31 heavy (non-hydrogen) atoms.